The van der Waals surface area contributed by atoms with Crippen LogP contribution in [0.5, 0.6) is 0 Å². The van der Waals surface area contributed by atoms with Gasteiger partial charge in [-0.3, -0.25) is 4.90 Å². The van der Waals surface area contributed by atoms with Crippen molar-refractivity contribution in [3.8, 4) is 0 Å². The van der Waals surface area contributed by atoms with Crippen molar-refractivity contribution >= 4 is 0 Å². The molecule has 0 bridgehead atoms. The van der Waals surface area contributed by atoms with E-state index in [2.05, 4.69) is 32.7 Å². The lowest BCUT2D eigenvalue weighted by Gasteiger charge is -2.46. The second-order valence-corrected chi connectivity index (χ2v) is 6.35. The van der Waals surface area contributed by atoms with Gasteiger partial charge in [0.15, 0.2) is 0 Å². The van der Waals surface area contributed by atoms with Crippen molar-refractivity contribution in [3.05, 3.63) is 35.6 Å². The van der Waals surface area contributed by atoms with Crippen molar-refractivity contribution in [2.75, 3.05) is 13.6 Å². The molecule has 3 heteroatoms. The van der Waals surface area contributed by atoms with Crippen molar-refractivity contribution in [2.45, 2.75) is 45.2 Å². The zero-order chi connectivity index (χ0) is 14.3. The second kappa shape index (κ2) is 4.88. The van der Waals surface area contributed by atoms with Gasteiger partial charge in [0, 0.05) is 23.7 Å². The van der Waals surface area contributed by atoms with Crippen molar-refractivity contribution in [3.63, 3.8) is 0 Å². The summed E-state index contributed by atoms with van der Waals surface area (Å²) in [4.78, 5) is 2.25. The summed E-state index contributed by atoms with van der Waals surface area (Å²) in [6, 6.07) is 7.03. The monoisotopic (exact) mass is 264 g/mol. The number of rotatable bonds is 5. The van der Waals surface area contributed by atoms with E-state index in [0.717, 1.165) is 5.56 Å². The van der Waals surface area contributed by atoms with Crippen LogP contribution in [0.4, 0.5) is 4.39 Å². The Labute approximate surface area is 115 Å². The number of likely N-dealkylation sites (N-methyl/N-ethyl adjacent to an activating group) is 1. The quantitative estimate of drug-likeness (QED) is 0.884. The molecular formula is C16H25FN2. The molecular weight excluding hydrogens is 239 g/mol. The fraction of sp³-hybridized carbons (Fsp3) is 0.625. The molecule has 2 nitrogen and oxygen atoms in total. The van der Waals surface area contributed by atoms with Crippen LogP contribution in [0.15, 0.2) is 24.3 Å². The van der Waals surface area contributed by atoms with Crippen LogP contribution in [0.3, 0.4) is 0 Å². The highest BCUT2D eigenvalue weighted by atomic mass is 19.1. The molecule has 1 aliphatic rings. The molecule has 0 radical (unpaired) electrons. The van der Waals surface area contributed by atoms with E-state index in [-0.39, 0.29) is 22.8 Å². The highest BCUT2D eigenvalue weighted by molar-refractivity contribution is 5.22. The van der Waals surface area contributed by atoms with Gasteiger partial charge >= 0.3 is 0 Å². The van der Waals surface area contributed by atoms with Crippen molar-refractivity contribution in [1.82, 2.24) is 4.90 Å². The van der Waals surface area contributed by atoms with Crippen LogP contribution < -0.4 is 5.73 Å². The molecule has 0 heterocycles. The maximum absolute atomic E-state index is 13.9. The smallest absolute Gasteiger partial charge is 0.127 e. The summed E-state index contributed by atoms with van der Waals surface area (Å²) in [6.45, 7) is 7.14. The van der Waals surface area contributed by atoms with E-state index in [4.69, 9.17) is 5.73 Å². The fourth-order valence-corrected chi connectivity index (χ4v) is 2.99. The number of halogens is 1. The van der Waals surface area contributed by atoms with Gasteiger partial charge in [-0.25, -0.2) is 4.39 Å². The molecule has 0 amide bonds. The van der Waals surface area contributed by atoms with Crippen LogP contribution in [0.25, 0.3) is 0 Å². The van der Waals surface area contributed by atoms with Gasteiger partial charge in [-0.05, 0) is 45.2 Å². The summed E-state index contributed by atoms with van der Waals surface area (Å²) in [5, 5.41) is 0. The molecule has 1 aliphatic carbocycles. The summed E-state index contributed by atoms with van der Waals surface area (Å²) >= 11 is 0. The molecule has 2 unspecified atom stereocenters. The number of nitrogens with two attached hydrogens (primary N) is 1. The Hall–Kier alpha value is -0.930. The van der Waals surface area contributed by atoms with Crippen LogP contribution in [0, 0.1) is 11.2 Å². The first kappa shape index (κ1) is 14.5. The number of hydrogen-bond acceptors (Lipinski definition) is 2. The Bertz CT molecular complexity index is 456. The predicted octanol–water partition coefficient (Wildman–Crippen LogP) is 3.34. The first-order valence-electron chi connectivity index (χ1n) is 7.03. The second-order valence-electron chi connectivity index (χ2n) is 6.35. The maximum atomic E-state index is 13.9. The minimum Gasteiger partial charge on any atom is -0.329 e. The average molecular weight is 264 g/mol. The molecule has 19 heavy (non-hydrogen) atoms. The van der Waals surface area contributed by atoms with Gasteiger partial charge < -0.3 is 5.73 Å². The minimum atomic E-state index is -0.137. The highest BCUT2D eigenvalue weighted by Gasteiger charge is 2.55. The van der Waals surface area contributed by atoms with Gasteiger partial charge in [-0.15, -0.1) is 0 Å². The largest absolute Gasteiger partial charge is 0.329 e. The lowest BCUT2D eigenvalue weighted by Crippen LogP contribution is -2.56. The zero-order valence-corrected chi connectivity index (χ0v) is 12.4. The van der Waals surface area contributed by atoms with E-state index >= 15 is 0 Å². The Morgan fingerprint density at radius 3 is 2.47 bits per heavy atom. The minimum absolute atomic E-state index is 0.0205. The Kier molecular flexibility index (Phi) is 3.72. The Morgan fingerprint density at radius 1 is 1.42 bits per heavy atom. The first-order chi connectivity index (χ1) is 8.85. The molecule has 1 saturated carbocycles. The van der Waals surface area contributed by atoms with Crippen molar-refractivity contribution in [2.24, 2.45) is 11.1 Å². The third-order valence-electron chi connectivity index (χ3n) is 5.41. The average Bonchev–Trinajstić information content (AvgIpc) is 3.16. The zero-order valence-electron chi connectivity index (χ0n) is 12.4. The number of nitrogens with zero attached hydrogens (tertiary/aromatic N) is 1. The van der Waals surface area contributed by atoms with Crippen LogP contribution >= 0.6 is 0 Å². The molecule has 2 rings (SSSR count). The molecule has 1 fully saturated rings. The van der Waals surface area contributed by atoms with Gasteiger partial charge in [0.2, 0.25) is 0 Å². The number of hydrogen-bond donors (Lipinski definition) is 1. The molecule has 106 valence electrons. The van der Waals surface area contributed by atoms with Crippen LogP contribution in [-0.4, -0.2) is 24.0 Å². The fourth-order valence-electron chi connectivity index (χ4n) is 2.99. The van der Waals surface area contributed by atoms with Gasteiger partial charge in [0.1, 0.15) is 5.82 Å². The summed E-state index contributed by atoms with van der Waals surface area (Å²) in [5.74, 6) is -0.137. The van der Waals surface area contributed by atoms with E-state index in [9.17, 15) is 4.39 Å². The van der Waals surface area contributed by atoms with Gasteiger partial charge in [0.05, 0.1) is 0 Å². The predicted molar refractivity (Wildman–Crippen MR) is 77.4 cm³/mol. The molecule has 2 atom stereocenters. The molecule has 0 spiro atoms. The van der Waals surface area contributed by atoms with E-state index in [1.807, 2.05) is 12.1 Å². The van der Waals surface area contributed by atoms with Crippen molar-refractivity contribution < 1.29 is 4.39 Å². The third-order valence-corrected chi connectivity index (χ3v) is 5.41. The van der Waals surface area contributed by atoms with Gasteiger partial charge in [0.25, 0.3) is 0 Å². The number of benzene rings is 1. The SMILES string of the molecule is CC(c1ccccc1F)N(C)C(C)(CN)C1(C)CC1. The normalized spacial score (nSPS) is 22.1. The van der Waals surface area contributed by atoms with Gasteiger partial charge in [-0.1, -0.05) is 25.1 Å². The topological polar surface area (TPSA) is 29.3 Å². The summed E-state index contributed by atoms with van der Waals surface area (Å²) in [7, 11) is 2.06. The molecule has 1 aromatic rings. The summed E-state index contributed by atoms with van der Waals surface area (Å²) in [6.07, 6.45) is 2.41. The molecule has 2 N–H and O–H groups in total. The lowest BCUT2D eigenvalue weighted by atomic mass is 9.81. The maximum Gasteiger partial charge on any atom is 0.127 e. The van der Waals surface area contributed by atoms with Gasteiger partial charge in [-0.2, -0.15) is 0 Å². The first-order valence-corrected chi connectivity index (χ1v) is 7.03. The van der Waals surface area contributed by atoms with Crippen LogP contribution in [0.1, 0.15) is 45.2 Å². The van der Waals surface area contributed by atoms with Crippen molar-refractivity contribution in [1.29, 1.82) is 0 Å². The third kappa shape index (κ3) is 2.30. The van der Waals surface area contributed by atoms with Crippen LogP contribution in [0.2, 0.25) is 0 Å². The van der Waals surface area contributed by atoms with E-state index in [1.54, 1.807) is 6.07 Å². The highest BCUT2D eigenvalue weighted by Crippen LogP contribution is 2.56. The molecule has 1 aromatic carbocycles. The Morgan fingerprint density at radius 2 is 2.00 bits per heavy atom. The van der Waals surface area contributed by atoms with E-state index in [1.165, 1.54) is 18.9 Å². The lowest BCUT2D eigenvalue weighted by molar-refractivity contribution is 0.0385. The van der Waals surface area contributed by atoms with Crippen LogP contribution in [-0.2, 0) is 0 Å². The van der Waals surface area contributed by atoms with E-state index in [0.29, 0.717) is 6.54 Å². The molecule has 0 aromatic heterocycles. The van der Waals surface area contributed by atoms with E-state index < -0.39 is 0 Å². The Balaban J connectivity index is 2.28. The molecule has 0 saturated heterocycles. The standard InChI is InChI=1S/C16H25FN2/c1-12(13-7-5-6-8-14(13)17)19(4)16(3,11-18)15(2)9-10-15/h5-8,12H,9-11,18H2,1-4H3. The summed E-state index contributed by atoms with van der Waals surface area (Å²) in [5.41, 5.74) is 6.97. The molecule has 0 aliphatic heterocycles. The summed E-state index contributed by atoms with van der Waals surface area (Å²) < 4.78 is 13.9.